The molecule has 1 N–H and O–H groups in total. The van der Waals surface area contributed by atoms with Gasteiger partial charge < -0.3 is 14.9 Å². The fraction of sp³-hybridized carbons (Fsp3) is 0.714. The molecule has 0 spiro atoms. The van der Waals surface area contributed by atoms with Crippen molar-refractivity contribution in [3.63, 3.8) is 0 Å². The normalized spacial score (nSPS) is 17.3. The number of likely N-dealkylation sites (N-methyl/N-ethyl adjacent to an activating group) is 1. The van der Waals surface area contributed by atoms with E-state index in [9.17, 15) is 0 Å². The van der Waals surface area contributed by atoms with Crippen molar-refractivity contribution < 1.29 is 5.11 Å². The molecular formula is C14H23N5OS. The Morgan fingerprint density at radius 2 is 2.10 bits per heavy atom. The molecule has 2 aromatic heterocycles. The van der Waals surface area contributed by atoms with Gasteiger partial charge in [0.25, 0.3) is 0 Å². The smallest absolute Gasteiger partial charge is 0.188 e. The summed E-state index contributed by atoms with van der Waals surface area (Å²) in [5.74, 6) is 0. The molecule has 2 aromatic rings. The summed E-state index contributed by atoms with van der Waals surface area (Å²) >= 11 is 1.75. The number of fused-ring (bicyclic) bond motifs is 1. The Labute approximate surface area is 129 Å². The lowest BCUT2D eigenvalue weighted by atomic mass is 10.0. The van der Waals surface area contributed by atoms with E-state index in [2.05, 4.69) is 21.9 Å². The third-order valence-electron chi connectivity index (χ3n) is 4.34. The fourth-order valence-electron chi connectivity index (χ4n) is 3.05. The van der Waals surface area contributed by atoms with Gasteiger partial charge in [0.2, 0.25) is 0 Å². The van der Waals surface area contributed by atoms with Crippen LogP contribution in [-0.2, 0) is 7.05 Å². The van der Waals surface area contributed by atoms with Crippen LogP contribution in [0.3, 0.4) is 0 Å². The standard InChI is InChI=1S/C14H23N5OS/c1-10-12-13(18(3)16-10)15-14(21-12)19-6-4-11(5-7-19)17(2)8-9-20/h11,20H,4-9H2,1-3H3. The average Bonchev–Trinajstić information content (AvgIpc) is 3.02. The summed E-state index contributed by atoms with van der Waals surface area (Å²) in [6.07, 6.45) is 2.26. The molecule has 0 saturated carbocycles. The first-order chi connectivity index (χ1) is 10.1. The first-order valence-corrected chi connectivity index (χ1v) is 8.28. The molecule has 1 fully saturated rings. The van der Waals surface area contributed by atoms with Crippen molar-refractivity contribution in [2.75, 3.05) is 38.2 Å². The summed E-state index contributed by atoms with van der Waals surface area (Å²) in [7, 11) is 4.05. The quantitative estimate of drug-likeness (QED) is 0.920. The fourth-order valence-corrected chi connectivity index (χ4v) is 4.13. The van der Waals surface area contributed by atoms with Crippen LogP contribution in [0.4, 0.5) is 5.13 Å². The van der Waals surface area contributed by atoms with Crippen molar-refractivity contribution >= 4 is 26.8 Å². The molecule has 3 rings (SSSR count). The van der Waals surface area contributed by atoms with E-state index in [1.54, 1.807) is 11.3 Å². The highest BCUT2D eigenvalue weighted by Crippen LogP contribution is 2.32. The topological polar surface area (TPSA) is 57.4 Å². The Hall–Kier alpha value is -1.18. The van der Waals surface area contributed by atoms with Crippen molar-refractivity contribution in [2.24, 2.45) is 7.05 Å². The number of hydrogen-bond donors (Lipinski definition) is 1. The lowest BCUT2D eigenvalue weighted by Gasteiger charge is -2.36. The number of aliphatic hydroxyl groups is 1. The minimum absolute atomic E-state index is 0.237. The van der Waals surface area contributed by atoms with Crippen LogP contribution in [-0.4, -0.2) is 64.1 Å². The molecule has 1 aliphatic rings. The van der Waals surface area contributed by atoms with Gasteiger partial charge in [-0.3, -0.25) is 0 Å². The van der Waals surface area contributed by atoms with Crippen molar-refractivity contribution in [3.05, 3.63) is 5.69 Å². The summed E-state index contributed by atoms with van der Waals surface area (Å²) in [5, 5.41) is 14.6. The number of nitrogens with zero attached hydrogens (tertiary/aromatic N) is 5. The van der Waals surface area contributed by atoms with E-state index in [0.717, 1.165) is 48.9 Å². The molecule has 0 atom stereocenters. The van der Waals surface area contributed by atoms with E-state index in [-0.39, 0.29) is 6.61 Å². The van der Waals surface area contributed by atoms with Gasteiger partial charge >= 0.3 is 0 Å². The highest BCUT2D eigenvalue weighted by molar-refractivity contribution is 7.22. The number of anilines is 1. The molecule has 1 saturated heterocycles. The summed E-state index contributed by atoms with van der Waals surface area (Å²) in [6, 6.07) is 0.575. The summed E-state index contributed by atoms with van der Waals surface area (Å²) in [6.45, 7) is 5.11. The van der Waals surface area contributed by atoms with Crippen LogP contribution < -0.4 is 4.90 Å². The third-order valence-corrected chi connectivity index (χ3v) is 5.56. The maximum atomic E-state index is 9.04. The Morgan fingerprint density at radius 3 is 2.71 bits per heavy atom. The second kappa shape index (κ2) is 5.90. The Balaban J connectivity index is 1.69. The number of aromatic nitrogens is 3. The van der Waals surface area contributed by atoms with E-state index < -0.39 is 0 Å². The van der Waals surface area contributed by atoms with Crippen LogP contribution in [0.15, 0.2) is 0 Å². The van der Waals surface area contributed by atoms with Crippen LogP contribution in [0, 0.1) is 6.92 Å². The summed E-state index contributed by atoms with van der Waals surface area (Å²) in [4.78, 5) is 9.40. The van der Waals surface area contributed by atoms with E-state index in [0.29, 0.717) is 6.04 Å². The first kappa shape index (κ1) is 14.7. The first-order valence-electron chi connectivity index (χ1n) is 7.46. The molecule has 0 bridgehead atoms. The average molecular weight is 309 g/mol. The van der Waals surface area contributed by atoms with Gasteiger partial charge in [-0.1, -0.05) is 11.3 Å². The van der Waals surface area contributed by atoms with Crippen LogP contribution in [0.25, 0.3) is 10.3 Å². The van der Waals surface area contributed by atoms with Crippen molar-refractivity contribution in [1.29, 1.82) is 0 Å². The van der Waals surface area contributed by atoms with Crippen LogP contribution >= 0.6 is 11.3 Å². The molecular weight excluding hydrogens is 286 g/mol. The van der Waals surface area contributed by atoms with Gasteiger partial charge in [0.15, 0.2) is 10.8 Å². The number of rotatable bonds is 4. The van der Waals surface area contributed by atoms with Crippen LogP contribution in [0.5, 0.6) is 0 Å². The Kier molecular flexibility index (Phi) is 4.14. The van der Waals surface area contributed by atoms with E-state index in [1.165, 1.54) is 4.70 Å². The predicted octanol–water partition coefficient (Wildman–Crippen LogP) is 1.23. The maximum absolute atomic E-state index is 9.04. The van der Waals surface area contributed by atoms with Crippen molar-refractivity contribution in [2.45, 2.75) is 25.8 Å². The Bertz CT molecular complexity index is 580. The number of hydrogen-bond acceptors (Lipinski definition) is 6. The highest BCUT2D eigenvalue weighted by atomic mass is 32.1. The highest BCUT2D eigenvalue weighted by Gasteiger charge is 2.24. The molecule has 116 valence electrons. The van der Waals surface area contributed by atoms with Crippen LogP contribution in [0.1, 0.15) is 18.5 Å². The number of piperidine rings is 1. The largest absolute Gasteiger partial charge is 0.395 e. The second-order valence-electron chi connectivity index (χ2n) is 5.78. The van der Waals surface area contributed by atoms with E-state index in [1.807, 2.05) is 18.7 Å². The molecule has 3 heterocycles. The number of aliphatic hydroxyl groups excluding tert-OH is 1. The predicted molar refractivity (Wildman–Crippen MR) is 86.1 cm³/mol. The lowest BCUT2D eigenvalue weighted by Crippen LogP contribution is -2.44. The number of aryl methyl sites for hydroxylation is 2. The molecule has 0 amide bonds. The minimum atomic E-state index is 0.237. The molecule has 0 aromatic carbocycles. The molecule has 6 nitrogen and oxygen atoms in total. The van der Waals surface area contributed by atoms with E-state index in [4.69, 9.17) is 10.1 Å². The van der Waals surface area contributed by atoms with Gasteiger partial charge in [-0.15, -0.1) is 0 Å². The zero-order chi connectivity index (χ0) is 15.0. The van der Waals surface area contributed by atoms with Gasteiger partial charge in [0, 0.05) is 32.7 Å². The summed E-state index contributed by atoms with van der Waals surface area (Å²) < 4.78 is 3.07. The summed E-state index contributed by atoms with van der Waals surface area (Å²) in [5.41, 5.74) is 2.06. The minimum Gasteiger partial charge on any atom is -0.395 e. The second-order valence-corrected chi connectivity index (χ2v) is 6.76. The van der Waals surface area contributed by atoms with Crippen LogP contribution in [0.2, 0.25) is 0 Å². The van der Waals surface area contributed by atoms with E-state index >= 15 is 0 Å². The number of thiazole rings is 1. The molecule has 0 radical (unpaired) electrons. The monoisotopic (exact) mass is 309 g/mol. The van der Waals surface area contributed by atoms with Gasteiger partial charge in [-0.25, -0.2) is 9.67 Å². The zero-order valence-corrected chi connectivity index (χ0v) is 13.7. The SMILES string of the molecule is Cc1nn(C)c2nc(N3CCC(N(C)CCO)CC3)sc12. The maximum Gasteiger partial charge on any atom is 0.188 e. The van der Waals surface area contributed by atoms with Gasteiger partial charge in [0.1, 0.15) is 0 Å². The Morgan fingerprint density at radius 1 is 1.38 bits per heavy atom. The molecule has 0 unspecified atom stereocenters. The molecule has 7 heteroatoms. The molecule has 21 heavy (non-hydrogen) atoms. The van der Waals surface area contributed by atoms with Crippen molar-refractivity contribution in [1.82, 2.24) is 19.7 Å². The molecule has 1 aliphatic heterocycles. The van der Waals surface area contributed by atoms with Gasteiger partial charge in [0.05, 0.1) is 17.0 Å². The van der Waals surface area contributed by atoms with Gasteiger partial charge in [-0.05, 0) is 26.8 Å². The zero-order valence-electron chi connectivity index (χ0n) is 12.9. The third kappa shape index (κ3) is 2.77. The lowest BCUT2D eigenvalue weighted by molar-refractivity contribution is 0.162. The molecule has 0 aliphatic carbocycles. The van der Waals surface area contributed by atoms with Crippen molar-refractivity contribution in [3.8, 4) is 0 Å². The van der Waals surface area contributed by atoms with Gasteiger partial charge in [-0.2, -0.15) is 5.10 Å².